The van der Waals surface area contributed by atoms with Crippen LogP contribution in [-0.4, -0.2) is 14.2 Å². The van der Waals surface area contributed by atoms with E-state index in [1.165, 1.54) is 21.6 Å². The predicted molar refractivity (Wildman–Crippen MR) is 109 cm³/mol. The lowest BCUT2D eigenvalue weighted by Crippen LogP contribution is -1.91. The summed E-state index contributed by atoms with van der Waals surface area (Å²) in [5.41, 5.74) is 3.65. The first kappa shape index (κ1) is 17.9. The minimum atomic E-state index is 0.759. The van der Waals surface area contributed by atoms with Crippen LogP contribution in [0.5, 0.6) is 11.5 Å². The second-order valence-corrected chi connectivity index (χ2v) is 7.47. The van der Waals surface area contributed by atoms with Gasteiger partial charge in [-0.2, -0.15) is 0 Å². The summed E-state index contributed by atoms with van der Waals surface area (Å²) >= 11 is 5.28. The zero-order valence-electron chi connectivity index (χ0n) is 14.2. The van der Waals surface area contributed by atoms with Crippen molar-refractivity contribution in [3.63, 3.8) is 0 Å². The maximum absolute atomic E-state index is 5.36. The molecule has 4 heteroatoms. The minimum Gasteiger partial charge on any atom is -0.493 e. The van der Waals surface area contributed by atoms with Crippen LogP contribution in [0.2, 0.25) is 0 Å². The Morgan fingerprint density at radius 3 is 1.96 bits per heavy atom. The molecule has 0 saturated carbocycles. The average Bonchev–Trinajstić information content (AvgIpc) is 2.67. The number of hydrogen-bond donors (Lipinski definition) is 0. The van der Waals surface area contributed by atoms with Gasteiger partial charge in [-0.3, -0.25) is 0 Å². The fraction of sp³-hybridized carbons (Fsp3) is 0.143. The van der Waals surface area contributed by atoms with E-state index in [0.29, 0.717) is 0 Å². The molecule has 3 rings (SSSR count). The third-order valence-corrected chi connectivity index (χ3v) is 5.50. The zero-order valence-corrected chi connectivity index (χ0v) is 16.6. The number of ether oxygens (including phenoxy) is 2. The van der Waals surface area contributed by atoms with E-state index < -0.39 is 0 Å². The molecule has 0 atom stereocenters. The van der Waals surface area contributed by atoms with Crippen molar-refractivity contribution in [3.8, 4) is 22.6 Å². The molecule has 0 aliphatic carbocycles. The van der Waals surface area contributed by atoms with E-state index in [1.807, 2.05) is 23.9 Å². The van der Waals surface area contributed by atoms with Crippen molar-refractivity contribution in [1.29, 1.82) is 0 Å². The van der Waals surface area contributed by atoms with Gasteiger partial charge in [-0.25, -0.2) is 0 Å². The van der Waals surface area contributed by atoms with E-state index in [-0.39, 0.29) is 0 Å². The molecule has 0 radical (unpaired) electrons. The van der Waals surface area contributed by atoms with Gasteiger partial charge in [0.15, 0.2) is 11.5 Å². The van der Waals surface area contributed by atoms with E-state index in [9.17, 15) is 0 Å². The van der Waals surface area contributed by atoms with Gasteiger partial charge in [0, 0.05) is 15.1 Å². The lowest BCUT2D eigenvalue weighted by molar-refractivity contribution is 0.354. The van der Waals surface area contributed by atoms with Crippen molar-refractivity contribution >= 4 is 27.7 Å². The number of halogens is 1. The molecule has 0 aliphatic heterocycles. The fourth-order valence-electron chi connectivity index (χ4n) is 2.52. The lowest BCUT2D eigenvalue weighted by atomic mass is 10.1. The molecule has 0 bridgehead atoms. The van der Waals surface area contributed by atoms with Gasteiger partial charge in [0.2, 0.25) is 0 Å². The first-order valence-electron chi connectivity index (χ1n) is 7.89. The van der Waals surface area contributed by atoms with E-state index in [0.717, 1.165) is 21.7 Å². The molecular formula is C21H19BrO2S. The third-order valence-electron chi connectivity index (χ3n) is 3.89. The SMILES string of the molecule is COc1ccc(CSc2ccc(-c3ccc(Br)cc3)cc2)cc1OC. The molecule has 25 heavy (non-hydrogen) atoms. The number of hydrogen-bond acceptors (Lipinski definition) is 3. The molecule has 0 fully saturated rings. The smallest absolute Gasteiger partial charge is 0.161 e. The molecule has 2 nitrogen and oxygen atoms in total. The minimum absolute atomic E-state index is 0.759. The molecule has 0 aromatic heterocycles. The van der Waals surface area contributed by atoms with Crippen molar-refractivity contribution in [3.05, 3.63) is 76.8 Å². The van der Waals surface area contributed by atoms with Gasteiger partial charge in [-0.05, 0) is 53.1 Å². The number of thioether (sulfide) groups is 1. The summed E-state index contributed by atoms with van der Waals surface area (Å²) in [5.74, 6) is 2.42. The largest absolute Gasteiger partial charge is 0.493 e. The molecule has 0 spiro atoms. The van der Waals surface area contributed by atoms with Crippen LogP contribution < -0.4 is 9.47 Å². The van der Waals surface area contributed by atoms with Crippen molar-refractivity contribution in [1.82, 2.24) is 0 Å². The van der Waals surface area contributed by atoms with E-state index in [2.05, 4.69) is 70.5 Å². The number of rotatable bonds is 6. The Hall–Kier alpha value is -1.91. The summed E-state index contributed by atoms with van der Waals surface area (Å²) in [5, 5.41) is 0. The Balaban J connectivity index is 1.67. The predicted octanol–water partition coefficient (Wildman–Crippen LogP) is 6.43. The van der Waals surface area contributed by atoms with Crippen molar-refractivity contribution in [2.75, 3.05) is 14.2 Å². The quantitative estimate of drug-likeness (QED) is 0.433. The highest BCUT2D eigenvalue weighted by Gasteiger charge is 2.05. The molecule has 128 valence electrons. The molecule has 0 saturated heterocycles. The first-order chi connectivity index (χ1) is 12.2. The summed E-state index contributed by atoms with van der Waals surface area (Å²) in [6.45, 7) is 0. The van der Waals surface area contributed by atoms with Crippen LogP contribution in [0.4, 0.5) is 0 Å². The van der Waals surface area contributed by atoms with Crippen LogP contribution in [-0.2, 0) is 5.75 Å². The van der Waals surface area contributed by atoms with E-state index in [1.54, 1.807) is 14.2 Å². The molecule has 3 aromatic rings. The Morgan fingerprint density at radius 1 is 0.760 bits per heavy atom. The Bertz CT molecular complexity index is 830. The van der Waals surface area contributed by atoms with E-state index in [4.69, 9.17) is 9.47 Å². The third kappa shape index (κ3) is 4.59. The summed E-state index contributed by atoms with van der Waals surface area (Å²) < 4.78 is 11.7. The summed E-state index contributed by atoms with van der Waals surface area (Å²) in [6, 6.07) is 23.1. The summed E-state index contributed by atoms with van der Waals surface area (Å²) in [6.07, 6.45) is 0. The van der Waals surface area contributed by atoms with Gasteiger partial charge in [0.05, 0.1) is 14.2 Å². The summed E-state index contributed by atoms with van der Waals surface area (Å²) in [4.78, 5) is 1.25. The van der Waals surface area contributed by atoms with Gasteiger partial charge >= 0.3 is 0 Å². The molecule has 0 amide bonds. The Kier molecular flexibility index (Phi) is 6.05. The standard InChI is InChI=1S/C21H19BrO2S/c1-23-20-12-3-15(13-21(20)24-2)14-25-19-10-6-17(7-11-19)16-4-8-18(22)9-5-16/h3-13H,14H2,1-2H3. The van der Waals surface area contributed by atoms with Crippen LogP contribution in [0.15, 0.2) is 76.1 Å². The highest BCUT2D eigenvalue weighted by atomic mass is 79.9. The second-order valence-electron chi connectivity index (χ2n) is 5.51. The fourth-order valence-corrected chi connectivity index (χ4v) is 3.63. The van der Waals surface area contributed by atoms with Gasteiger partial charge < -0.3 is 9.47 Å². The topological polar surface area (TPSA) is 18.5 Å². The van der Waals surface area contributed by atoms with Crippen LogP contribution in [0, 0.1) is 0 Å². The van der Waals surface area contributed by atoms with Crippen LogP contribution >= 0.6 is 27.7 Å². The normalized spacial score (nSPS) is 10.5. The lowest BCUT2D eigenvalue weighted by Gasteiger charge is -2.09. The molecule has 3 aromatic carbocycles. The molecule has 0 aliphatic rings. The number of methoxy groups -OCH3 is 2. The van der Waals surface area contributed by atoms with Crippen molar-refractivity contribution in [2.24, 2.45) is 0 Å². The Morgan fingerprint density at radius 2 is 1.36 bits per heavy atom. The second kappa shape index (κ2) is 8.45. The highest BCUT2D eigenvalue weighted by molar-refractivity contribution is 9.10. The molecule has 0 unspecified atom stereocenters. The van der Waals surface area contributed by atoms with Crippen molar-refractivity contribution < 1.29 is 9.47 Å². The zero-order chi connectivity index (χ0) is 17.6. The monoisotopic (exact) mass is 414 g/mol. The van der Waals surface area contributed by atoms with Gasteiger partial charge in [-0.1, -0.05) is 46.3 Å². The molecule has 0 heterocycles. The van der Waals surface area contributed by atoms with Crippen LogP contribution in [0.25, 0.3) is 11.1 Å². The Labute approximate surface area is 161 Å². The highest BCUT2D eigenvalue weighted by Crippen LogP contribution is 2.31. The van der Waals surface area contributed by atoms with Crippen molar-refractivity contribution in [2.45, 2.75) is 10.6 Å². The molecular weight excluding hydrogens is 396 g/mol. The van der Waals surface area contributed by atoms with Gasteiger partial charge in [0.25, 0.3) is 0 Å². The molecule has 0 N–H and O–H groups in total. The van der Waals surface area contributed by atoms with Crippen LogP contribution in [0.1, 0.15) is 5.56 Å². The maximum Gasteiger partial charge on any atom is 0.161 e. The van der Waals surface area contributed by atoms with Gasteiger partial charge in [0.1, 0.15) is 0 Å². The first-order valence-corrected chi connectivity index (χ1v) is 9.67. The number of benzene rings is 3. The maximum atomic E-state index is 5.36. The van der Waals surface area contributed by atoms with E-state index >= 15 is 0 Å². The van der Waals surface area contributed by atoms with Gasteiger partial charge in [-0.15, -0.1) is 11.8 Å². The average molecular weight is 415 g/mol. The summed E-state index contributed by atoms with van der Waals surface area (Å²) in [7, 11) is 3.31. The van der Waals surface area contributed by atoms with Crippen LogP contribution in [0.3, 0.4) is 0 Å².